The van der Waals surface area contributed by atoms with Crippen molar-refractivity contribution in [1.82, 2.24) is 9.62 Å². The van der Waals surface area contributed by atoms with Gasteiger partial charge in [-0.05, 0) is 68.4 Å². The molecule has 3 rings (SSSR count). The molecule has 0 bridgehead atoms. The first-order valence-corrected chi connectivity index (χ1v) is 15.2. The van der Waals surface area contributed by atoms with Crippen molar-refractivity contribution in [2.45, 2.75) is 62.5 Å². The van der Waals surface area contributed by atoms with Crippen molar-refractivity contribution in [1.29, 1.82) is 0 Å². The average Bonchev–Trinajstić information content (AvgIpc) is 2.91. The standard InChI is InChI=1S/C31H39ClN2O5S/c1-31(2,19-9-12-23-10-5-4-6-11-23)33-21-25(35)22-34(3)40(38,39)26-16-17-28(29(32)20-26)27-14-8-7-13-24(27)15-18-30(36)37/h4-8,10-11,13-14,16-17,20,25,33,35H,9,12,15,18-19,21-22H2,1-3H3,(H,36,37). The third-order valence-corrected chi connectivity index (χ3v) is 9.09. The lowest BCUT2D eigenvalue weighted by atomic mass is 9.95. The molecule has 3 N–H and O–H groups in total. The lowest BCUT2D eigenvalue weighted by Gasteiger charge is -2.29. The Morgan fingerprint density at radius 2 is 1.68 bits per heavy atom. The van der Waals surface area contributed by atoms with Crippen LogP contribution in [0.1, 0.15) is 44.2 Å². The Kier molecular flexibility index (Phi) is 11.3. The highest BCUT2D eigenvalue weighted by Crippen LogP contribution is 2.33. The van der Waals surface area contributed by atoms with E-state index in [1.807, 2.05) is 42.5 Å². The number of aliphatic hydroxyl groups is 1. The predicted molar refractivity (Wildman–Crippen MR) is 160 cm³/mol. The number of carboxylic acids is 1. The maximum Gasteiger partial charge on any atom is 0.303 e. The molecule has 7 nitrogen and oxygen atoms in total. The number of halogens is 1. The molecule has 0 spiro atoms. The molecular formula is C31H39ClN2O5S. The molecular weight excluding hydrogens is 548 g/mol. The fourth-order valence-electron chi connectivity index (χ4n) is 4.62. The van der Waals surface area contributed by atoms with Gasteiger partial charge >= 0.3 is 5.97 Å². The van der Waals surface area contributed by atoms with E-state index in [0.717, 1.165) is 34.7 Å². The number of carbonyl (C=O) groups is 1. The number of rotatable bonds is 15. The van der Waals surface area contributed by atoms with E-state index in [4.69, 9.17) is 16.7 Å². The van der Waals surface area contributed by atoms with Crippen molar-refractivity contribution in [3.05, 3.63) is 88.9 Å². The summed E-state index contributed by atoms with van der Waals surface area (Å²) in [6.07, 6.45) is 2.30. The first-order chi connectivity index (χ1) is 18.9. The zero-order valence-corrected chi connectivity index (χ0v) is 24.9. The smallest absolute Gasteiger partial charge is 0.303 e. The first kappa shape index (κ1) is 31.8. The zero-order chi connectivity index (χ0) is 29.3. The molecule has 0 aromatic heterocycles. The summed E-state index contributed by atoms with van der Waals surface area (Å²) in [6.45, 7) is 4.33. The van der Waals surface area contributed by atoms with Crippen LogP contribution < -0.4 is 5.32 Å². The minimum absolute atomic E-state index is 0.0199. The van der Waals surface area contributed by atoms with E-state index in [1.54, 1.807) is 6.07 Å². The molecule has 0 fully saturated rings. The van der Waals surface area contributed by atoms with E-state index in [9.17, 15) is 18.3 Å². The van der Waals surface area contributed by atoms with Gasteiger partial charge < -0.3 is 15.5 Å². The van der Waals surface area contributed by atoms with Gasteiger partial charge in [-0.15, -0.1) is 0 Å². The lowest BCUT2D eigenvalue weighted by molar-refractivity contribution is -0.136. The van der Waals surface area contributed by atoms with E-state index in [2.05, 4.69) is 31.3 Å². The molecule has 0 saturated carbocycles. The van der Waals surface area contributed by atoms with Crippen molar-refractivity contribution in [2.24, 2.45) is 0 Å². The fourth-order valence-corrected chi connectivity index (χ4v) is 6.20. The summed E-state index contributed by atoms with van der Waals surface area (Å²) in [5.74, 6) is -0.894. The second kappa shape index (κ2) is 14.2. The third kappa shape index (κ3) is 9.14. The SMILES string of the molecule is CN(CC(O)CNC(C)(C)CCCc1ccccc1)S(=O)(=O)c1ccc(-c2ccccc2CCC(=O)O)c(Cl)c1. The topological polar surface area (TPSA) is 107 Å². The minimum Gasteiger partial charge on any atom is -0.481 e. The van der Waals surface area contributed by atoms with Gasteiger partial charge in [0.2, 0.25) is 10.0 Å². The Morgan fingerprint density at radius 1 is 1.00 bits per heavy atom. The summed E-state index contributed by atoms with van der Waals surface area (Å²) in [5.41, 5.74) is 3.29. The number of β-amino-alcohol motifs (C(OH)–C–C–N with tert-alkyl or cyclic N) is 1. The van der Waals surface area contributed by atoms with Crippen molar-refractivity contribution in [3.8, 4) is 11.1 Å². The molecule has 0 saturated heterocycles. The molecule has 0 aliphatic carbocycles. The molecule has 216 valence electrons. The van der Waals surface area contributed by atoms with Gasteiger partial charge in [0.25, 0.3) is 0 Å². The van der Waals surface area contributed by atoms with Gasteiger partial charge in [0.05, 0.1) is 11.0 Å². The van der Waals surface area contributed by atoms with E-state index < -0.39 is 22.1 Å². The minimum atomic E-state index is -3.90. The summed E-state index contributed by atoms with van der Waals surface area (Å²) in [4.78, 5) is 11.1. The van der Waals surface area contributed by atoms with E-state index in [1.165, 1.54) is 24.7 Å². The molecule has 0 amide bonds. The van der Waals surface area contributed by atoms with Crippen LogP contribution in [0.5, 0.6) is 0 Å². The quantitative estimate of drug-likeness (QED) is 0.220. The Morgan fingerprint density at radius 3 is 2.35 bits per heavy atom. The molecule has 3 aromatic rings. The molecule has 0 heterocycles. The number of hydrogen-bond donors (Lipinski definition) is 3. The van der Waals surface area contributed by atoms with Crippen LogP contribution in [0, 0.1) is 0 Å². The molecule has 3 aromatic carbocycles. The van der Waals surface area contributed by atoms with Crippen molar-refractivity contribution >= 4 is 27.6 Å². The highest BCUT2D eigenvalue weighted by molar-refractivity contribution is 7.89. The number of carboxylic acid groups (broad SMARTS) is 1. The Hall–Kier alpha value is -2.75. The molecule has 0 radical (unpaired) electrons. The van der Waals surface area contributed by atoms with Gasteiger partial charge in [0.15, 0.2) is 0 Å². The van der Waals surface area contributed by atoms with Crippen LogP contribution in [0.2, 0.25) is 5.02 Å². The molecule has 0 aliphatic heterocycles. The summed E-state index contributed by atoms with van der Waals surface area (Å²) < 4.78 is 27.7. The molecule has 1 unspecified atom stereocenters. The number of likely N-dealkylation sites (N-methyl/N-ethyl adjacent to an activating group) is 1. The van der Waals surface area contributed by atoms with Gasteiger partial charge in [0.1, 0.15) is 0 Å². The monoisotopic (exact) mass is 586 g/mol. The van der Waals surface area contributed by atoms with Crippen LogP contribution in [-0.2, 0) is 27.7 Å². The average molecular weight is 587 g/mol. The number of sulfonamides is 1. The van der Waals surface area contributed by atoms with Gasteiger partial charge in [-0.3, -0.25) is 4.79 Å². The normalized spacial score (nSPS) is 12.9. The Labute approximate surface area is 242 Å². The van der Waals surface area contributed by atoms with E-state index in [0.29, 0.717) is 12.0 Å². The van der Waals surface area contributed by atoms with Crippen LogP contribution in [0.25, 0.3) is 11.1 Å². The summed E-state index contributed by atoms with van der Waals surface area (Å²) in [5, 5.41) is 23.3. The number of aryl methyl sites for hydroxylation is 2. The van der Waals surface area contributed by atoms with Crippen molar-refractivity contribution in [3.63, 3.8) is 0 Å². The molecule has 0 aliphatic rings. The van der Waals surface area contributed by atoms with Crippen LogP contribution in [-0.4, -0.2) is 60.7 Å². The third-order valence-electron chi connectivity index (χ3n) is 6.96. The fraction of sp³-hybridized carbons (Fsp3) is 0.387. The van der Waals surface area contributed by atoms with Crippen LogP contribution >= 0.6 is 11.6 Å². The van der Waals surface area contributed by atoms with Crippen LogP contribution in [0.4, 0.5) is 0 Å². The van der Waals surface area contributed by atoms with Gasteiger partial charge in [-0.25, -0.2) is 8.42 Å². The van der Waals surface area contributed by atoms with Crippen molar-refractivity contribution < 1.29 is 23.4 Å². The highest BCUT2D eigenvalue weighted by Gasteiger charge is 2.26. The van der Waals surface area contributed by atoms with Gasteiger partial charge in [-0.2, -0.15) is 4.31 Å². The van der Waals surface area contributed by atoms with Crippen LogP contribution in [0.15, 0.2) is 77.7 Å². The van der Waals surface area contributed by atoms with Crippen molar-refractivity contribution in [2.75, 3.05) is 20.1 Å². The number of aliphatic carboxylic acids is 1. The number of nitrogens with zero attached hydrogens (tertiary/aromatic N) is 1. The van der Waals surface area contributed by atoms with E-state index >= 15 is 0 Å². The zero-order valence-electron chi connectivity index (χ0n) is 23.3. The molecule has 9 heteroatoms. The van der Waals surface area contributed by atoms with Crippen LogP contribution in [0.3, 0.4) is 0 Å². The largest absolute Gasteiger partial charge is 0.481 e. The van der Waals surface area contributed by atoms with E-state index in [-0.39, 0.29) is 35.0 Å². The Bertz CT molecular complexity index is 1380. The summed E-state index contributed by atoms with van der Waals surface area (Å²) in [6, 6.07) is 22.2. The second-order valence-electron chi connectivity index (χ2n) is 10.7. The highest BCUT2D eigenvalue weighted by atomic mass is 35.5. The lowest BCUT2D eigenvalue weighted by Crippen LogP contribution is -2.46. The Balaban J connectivity index is 1.59. The number of nitrogens with one attached hydrogen (secondary N) is 1. The van der Waals surface area contributed by atoms with Gasteiger partial charge in [0, 0.05) is 42.7 Å². The number of benzene rings is 3. The molecule has 40 heavy (non-hydrogen) atoms. The second-order valence-corrected chi connectivity index (χ2v) is 13.2. The summed E-state index contributed by atoms with van der Waals surface area (Å²) >= 11 is 6.54. The number of aliphatic hydroxyl groups excluding tert-OH is 1. The predicted octanol–water partition coefficient (Wildman–Crippen LogP) is 5.40. The molecule has 1 atom stereocenters. The first-order valence-electron chi connectivity index (χ1n) is 13.4. The van der Waals surface area contributed by atoms with Gasteiger partial charge in [-0.1, -0.05) is 72.3 Å². The maximum atomic E-state index is 13.3. The summed E-state index contributed by atoms with van der Waals surface area (Å²) in [7, 11) is -2.47. The maximum absolute atomic E-state index is 13.3. The number of hydrogen-bond acceptors (Lipinski definition) is 5.